The van der Waals surface area contributed by atoms with Crippen molar-refractivity contribution in [3.63, 3.8) is 0 Å². The van der Waals surface area contributed by atoms with Crippen LogP contribution in [0.1, 0.15) is 31.1 Å². The summed E-state index contributed by atoms with van der Waals surface area (Å²) in [4.78, 5) is 4.71. The van der Waals surface area contributed by atoms with Gasteiger partial charge in [0.25, 0.3) is 0 Å². The lowest BCUT2D eigenvalue weighted by molar-refractivity contribution is 0.645. The van der Waals surface area contributed by atoms with Crippen LogP contribution in [0.25, 0.3) is 22.5 Å². The van der Waals surface area contributed by atoms with Crippen molar-refractivity contribution in [2.45, 2.75) is 33.2 Å². The zero-order valence-corrected chi connectivity index (χ0v) is 17.7. The molecule has 0 bridgehead atoms. The van der Waals surface area contributed by atoms with E-state index in [1.165, 1.54) is 5.56 Å². The molecule has 0 amide bonds. The number of aromatic amines is 1. The summed E-state index contributed by atoms with van der Waals surface area (Å²) in [5.41, 5.74) is 4.29. The van der Waals surface area contributed by atoms with Crippen LogP contribution in [-0.2, 0) is 19.4 Å². The van der Waals surface area contributed by atoms with Gasteiger partial charge in [-0.05, 0) is 35.8 Å². The van der Waals surface area contributed by atoms with Crippen molar-refractivity contribution in [3.8, 4) is 22.5 Å². The summed E-state index contributed by atoms with van der Waals surface area (Å²) in [5.74, 6) is 2.41. The van der Waals surface area contributed by atoms with Gasteiger partial charge >= 0.3 is 0 Å². The zero-order valence-electron chi connectivity index (χ0n) is 17.7. The maximum absolute atomic E-state index is 4.72. The molecule has 156 valence electrons. The largest absolute Gasteiger partial charge is 0.245 e. The van der Waals surface area contributed by atoms with E-state index in [2.05, 4.69) is 63.1 Å². The fraction of sp³-hybridized carbons (Fsp3) is 0.208. The monoisotopic (exact) mass is 411 g/mol. The van der Waals surface area contributed by atoms with Crippen LogP contribution >= 0.6 is 0 Å². The maximum atomic E-state index is 4.72. The van der Waals surface area contributed by atoms with E-state index in [4.69, 9.17) is 10.1 Å². The van der Waals surface area contributed by atoms with Gasteiger partial charge in [-0.15, -0.1) is 10.2 Å². The third kappa shape index (κ3) is 4.83. The number of aromatic nitrogens is 7. The third-order valence-electron chi connectivity index (χ3n) is 4.98. The first-order valence-electron chi connectivity index (χ1n) is 10.4. The van der Waals surface area contributed by atoms with Crippen LogP contribution in [0.3, 0.4) is 0 Å². The van der Waals surface area contributed by atoms with Crippen molar-refractivity contribution in [2.75, 3.05) is 0 Å². The molecule has 4 aromatic rings. The Labute approximate surface area is 181 Å². The van der Waals surface area contributed by atoms with E-state index in [0.29, 0.717) is 12.4 Å². The number of H-pyrrole nitrogens is 1. The molecule has 2 heterocycles. The maximum Gasteiger partial charge on any atom is 0.205 e. The smallest absolute Gasteiger partial charge is 0.205 e. The number of allylic oxidation sites excluding steroid dienone is 4. The second-order valence-electron chi connectivity index (χ2n) is 7.13. The standard InChI is InChI=1S/C24H25N7/c1-3-5-11-22-25-23(12-6-4-2)31(28-22)17-18-13-15-19(16-14-18)20-9-7-8-10-21(20)24-26-29-30-27-24/h3-10,13-16H,11-12,17H2,1-2H3,(H,26,27,29,30). The van der Waals surface area contributed by atoms with E-state index < -0.39 is 0 Å². The van der Waals surface area contributed by atoms with E-state index in [9.17, 15) is 0 Å². The molecule has 7 heteroatoms. The Hall–Kier alpha value is -3.87. The molecule has 0 fully saturated rings. The molecular formula is C24H25N7. The molecule has 0 spiro atoms. The molecule has 0 aliphatic heterocycles. The summed E-state index contributed by atoms with van der Waals surface area (Å²) >= 11 is 0. The molecule has 0 unspecified atom stereocenters. The van der Waals surface area contributed by atoms with Gasteiger partial charge in [-0.25, -0.2) is 9.67 Å². The summed E-state index contributed by atoms with van der Waals surface area (Å²) < 4.78 is 2.00. The van der Waals surface area contributed by atoms with Crippen LogP contribution < -0.4 is 0 Å². The van der Waals surface area contributed by atoms with Gasteiger partial charge in [-0.1, -0.05) is 72.8 Å². The fourth-order valence-corrected chi connectivity index (χ4v) is 3.41. The van der Waals surface area contributed by atoms with Crippen LogP contribution in [0.5, 0.6) is 0 Å². The Morgan fingerprint density at radius 3 is 2.35 bits per heavy atom. The van der Waals surface area contributed by atoms with Crippen molar-refractivity contribution < 1.29 is 0 Å². The molecule has 0 saturated carbocycles. The summed E-state index contributed by atoms with van der Waals surface area (Å²) in [6.07, 6.45) is 9.78. The molecule has 2 aromatic heterocycles. The second kappa shape index (κ2) is 9.75. The number of nitrogens with one attached hydrogen (secondary N) is 1. The van der Waals surface area contributed by atoms with E-state index in [0.717, 1.165) is 41.2 Å². The highest BCUT2D eigenvalue weighted by molar-refractivity contribution is 5.80. The molecule has 0 aliphatic carbocycles. The minimum absolute atomic E-state index is 0.588. The lowest BCUT2D eigenvalue weighted by atomic mass is 9.98. The van der Waals surface area contributed by atoms with Gasteiger partial charge in [0.1, 0.15) is 5.82 Å². The second-order valence-corrected chi connectivity index (χ2v) is 7.13. The molecule has 0 aliphatic rings. The van der Waals surface area contributed by atoms with Gasteiger partial charge in [0, 0.05) is 18.4 Å². The quantitative estimate of drug-likeness (QED) is 0.434. The number of hydrogen-bond donors (Lipinski definition) is 1. The SMILES string of the molecule is CC=CCc1nc(CC=CC)n(Cc2ccc(-c3ccccc3-c3nn[nH]n3)cc2)n1. The Morgan fingerprint density at radius 2 is 1.65 bits per heavy atom. The van der Waals surface area contributed by atoms with E-state index in [-0.39, 0.29) is 0 Å². The van der Waals surface area contributed by atoms with Crippen LogP contribution in [0, 0.1) is 0 Å². The lowest BCUT2D eigenvalue weighted by Crippen LogP contribution is -2.06. The van der Waals surface area contributed by atoms with Crippen molar-refractivity contribution in [1.29, 1.82) is 0 Å². The number of hydrogen-bond acceptors (Lipinski definition) is 5. The van der Waals surface area contributed by atoms with E-state index in [1.54, 1.807) is 0 Å². The molecule has 0 atom stereocenters. The third-order valence-corrected chi connectivity index (χ3v) is 4.98. The average Bonchev–Trinajstić information content (AvgIpc) is 3.47. The average molecular weight is 412 g/mol. The molecule has 0 saturated heterocycles. The van der Waals surface area contributed by atoms with Crippen LogP contribution in [0.15, 0.2) is 72.8 Å². The summed E-state index contributed by atoms with van der Waals surface area (Å²) in [6.45, 7) is 4.71. The van der Waals surface area contributed by atoms with Crippen LogP contribution in [0.4, 0.5) is 0 Å². The van der Waals surface area contributed by atoms with Gasteiger partial charge in [0.15, 0.2) is 5.82 Å². The van der Waals surface area contributed by atoms with Gasteiger partial charge < -0.3 is 0 Å². The molecular weight excluding hydrogens is 386 g/mol. The molecule has 31 heavy (non-hydrogen) atoms. The molecule has 0 radical (unpaired) electrons. The number of nitrogens with zero attached hydrogens (tertiary/aromatic N) is 6. The molecule has 2 aromatic carbocycles. The van der Waals surface area contributed by atoms with Crippen LogP contribution in [0.2, 0.25) is 0 Å². The van der Waals surface area contributed by atoms with Crippen molar-refractivity contribution in [2.24, 2.45) is 0 Å². The Balaban J connectivity index is 1.58. The predicted molar refractivity (Wildman–Crippen MR) is 121 cm³/mol. The van der Waals surface area contributed by atoms with Gasteiger partial charge in [-0.3, -0.25) is 0 Å². The Kier molecular flexibility index (Phi) is 6.42. The van der Waals surface area contributed by atoms with Crippen molar-refractivity contribution in [1.82, 2.24) is 35.4 Å². The fourth-order valence-electron chi connectivity index (χ4n) is 3.41. The van der Waals surface area contributed by atoms with Crippen molar-refractivity contribution in [3.05, 3.63) is 90.0 Å². The first kappa shape index (κ1) is 20.4. The summed E-state index contributed by atoms with van der Waals surface area (Å²) in [7, 11) is 0. The first-order chi connectivity index (χ1) is 15.3. The highest BCUT2D eigenvalue weighted by Crippen LogP contribution is 2.29. The van der Waals surface area contributed by atoms with Crippen LogP contribution in [-0.4, -0.2) is 35.4 Å². The molecule has 4 rings (SSSR count). The number of rotatable bonds is 8. The summed E-state index contributed by atoms with van der Waals surface area (Å²) in [6, 6.07) is 16.6. The topological polar surface area (TPSA) is 85.2 Å². The lowest BCUT2D eigenvalue weighted by Gasteiger charge is -2.09. The number of tetrazole rings is 1. The van der Waals surface area contributed by atoms with Gasteiger partial charge in [-0.2, -0.15) is 10.3 Å². The predicted octanol–water partition coefficient (Wildman–Crippen LogP) is 4.41. The molecule has 7 nitrogen and oxygen atoms in total. The highest BCUT2D eigenvalue weighted by Gasteiger charge is 2.12. The van der Waals surface area contributed by atoms with Gasteiger partial charge in [0.05, 0.1) is 6.54 Å². The number of benzene rings is 2. The minimum Gasteiger partial charge on any atom is -0.245 e. The summed E-state index contributed by atoms with van der Waals surface area (Å²) in [5, 5.41) is 19.2. The highest BCUT2D eigenvalue weighted by atomic mass is 15.5. The van der Waals surface area contributed by atoms with E-state index >= 15 is 0 Å². The zero-order chi connectivity index (χ0) is 21.5. The van der Waals surface area contributed by atoms with Gasteiger partial charge in [0.2, 0.25) is 5.82 Å². The Bertz CT molecular complexity index is 1170. The first-order valence-corrected chi connectivity index (χ1v) is 10.4. The molecule has 1 N–H and O–H groups in total. The Morgan fingerprint density at radius 1 is 0.903 bits per heavy atom. The normalized spacial score (nSPS) is 11.7. The minimum atomic E-state index is 0.588. The van der Waals surface area contributed by atoms with E-state index in [1.807, 2.05) is 48.9 Å². The van der Waals surface area contributed by atoms with Crippen molar-refractivity contribution >= 4 is 0 Å².